The van der Waals surface area contributed by atoms with Gasteiger partial charge in [-0.15, -0.1) is 0 Å². The van der Waals surface area contributed by atoms with Crippen LogP contribution in [-0.2, 0) is 13.8 Å². The lowest BCUT2D eigenvalue weighted by Crippen LogP contribution is -2.21. The number of aromatic nitrogens is 4. The standard InChI is InChI=1S/C10H12N5O7P/c11-10-13-7-6(8(17)14-10)12-3-15(7)9-5(16)1-4(22-9)2-21-23(18,19)20/h1,3,5,9,16H,2H2,(H2,18,19,20)(H3,11,13,14,17)/t5-,9-/m1/s1. The molecule has 0 radical (unpaired) electrons. The third-order valence-electron chi connectivity index (χ3n) is 3.02. The summed E-state index contributed by atoms with van der Waals surface area (Å²) >= 11 is 0. The van der Waals surface area contributed by atoms with E-state index < -0.39 is 32.3 Å². The number of H-pyrrole nitrogens is 1. The molecule has 12 nitrogen and oxygen atoms in total. The molecule has 6 N–H and O–H groups in total. The van der Waals surface area contributed by atoms with E-state index in [4.69, 9.17) is 20.3 Å². The van der Waals surface area contributed by atoms with Gasteiger partial charge in [-0.2, -0.15) is 4.98 Å². The highest BCUT2D eigenvalue weighted by molar-refractivity contribution is 7.46. The van der Waals surface area contributed by atoms with E-state index in [0.29, 0.717) is 0 Å². The van der Waals surface area contributed by atoms with Crippen molar-refractivity contribution in [3.63, 3.8) is 0 Å². The normalized spacial score (nSPS) is 21.4. The first kappa shape index (κ1) is 15.6. The minimum absolute atomic E-state index is 0.00918. The van der Waals surface area contributed by atoms with Crippen molar-refractivity contribution < 1.29 is 28.7 Å². The second-order valence-electron chi connectivity index (χ2n) is 4.67. The molecule has 0 aromatic carbocycles. The fraction of sp³-hybridized carbons (Fsp3) is 0.300. The highest BCUT2D eigenvalue weighted by atomic mass is 31.2. The van der Waals surface area contributed by atoms with Crippen molar-refractivity contribution in [2.75, 3.05) is 12.3 Å². The van der Waals surface area contributed by atoms with Crippen LogP contribution < -0.4 is 11.3 Å². The Hall–Kier alpha value is -2.24. The molecule has 1 aliphatic heterocycles. The van der Waals surface area contributed by atoms with Crippen molar-refractivity contribution in [3.05, 3.63) is 28.5 Å². The number of ether oxygens (including phenoxy) is 1. The van der Waals surface area contributed by atoms with Gasteiger partial charge in [0, 0.05) is 0 Å². The van der Waals surface area contributed by atoms with Gasteiger partial charge in [0.15, 0.2) is 11.2 Å². The summed E-state index contributed by atoms with van der Waals surface area (Å²) in [6.07, 6.45) is 0.276. The number of fused-ring (bicyclic) bond motifs is 1. The van der Waals surface area contributed by atoms with Crippen LogP contribution in [0.1, 0.15) is 6.23 Å². The molecule has 1 aliphatic rings. The first-order chi connectivity index (χ1) is 10.7. The maximum absolute atomic E-state index is 11.7. The lowest BCUT2D eigenvalue weighted by molar-refractivity contribution is -0.00503. The minimum Gasteiger partial charge on any atom is -0.469 e. The molecule has 2 atom stereocenters. The largest absolute Gasteiger partial charge is 0.470 e. The van der Waals surface area contributed by atoms with Crippen molar-refractivity contribution in [1.82, 2.24) is 19.5 Å². The summed E-state index contributed by atoms with van der Waals surface area (Å²) < 4.78 is 21.6. The van der Waals surface area contributed by atoms with Crippen LogP contribution in [0.25, 0.3) is 11.2 Å². The Morgan fingerprint density at radius 2 is 2.26 bits per heavy atom. The average Bonchev–Trinajstić information content (AvgIpc) is 2.99. The molecule has 2 aromatic rings. The van der Waals surface area contributed by atoms with E-state index in [1.807, 2.05) is 0 Å². The Kier molecular flexibility index (Phi) is 3.70. The molecule has 0 aliphatic carbocycles. The molecule has 0 bridgehead atoms. The number of hydrogen-bond donors (Lipinski definition) is 5. The number of aliphatic hydroxyl groups excluding tert-OH is 1. The summed E-state index contributed by atoms with van der Waals surface area (Å²) in [5.41, 5.74) is 5.04. The van der Waals surface area contributed by atoms with Crippen LogP contribution in [0.15, 0.2) is 23.0 Å². The molecular formula is C10H12N5O7P. The van der Waals surface area contributed by atoms with Crippen LogP contribution in [0.5, 0.6) is 0 Å². The van der Waals surface area contributed by atoms with Gasteiger partial charge in [-0.05, 0) is 6.08 Å². The second kappa shape index (κ2) is 5.44. The van der Waals surface area contributed by atoms with Gasteiger partial charge in [-0.25, -0.2) is 9.55 Å². The number of nitrogen functional groups attached to an aromatic ring is 1. The van der Waals surface area contributed by atoms with Gasteiger partial charge in [-0.1, -0.05) is 0 Å². The third-order valence-corrected chi connectivity index (χ3v) is 3.49. The first-order valence-corrected chi connectivity index (χ1v) is 7.75. The molecule has 0 saturated carbocycles. The average molecular weight is 345 g/mol. The van der Waals surface area contributed by atoms with Crippen LogP contribution in [-0.4, -0.2) is 47.1 Å². The zero-order chi connectivity index (χ0) is 16.8. The molecule has 0 spiro atoms. The molecule has 13 heteroatoms. The number of nitrogens with zero attached hydrogens (tertiary/aromatic N) is 3. The van der Waals surface area contributed by atoms with Crippen LogP contribution >= 0.6 is 7.82 Å². The number of nitrogens with two attached hydrogens (primary N) is 1. The molecule has 23 heavy (non-hydrogen) atoms. The van der Waals surface area contributed by atoms with Crippen molar-refractivity contribution in [3.8, 4) is 0 Å². The fourth-order valence-corrected chi connectivity index (χ4v) is 2.41. The third kappa shape index (κ3) is 3.11. The van der Waals surface area contributed by atoms with Crippen molar-refractivity contribution >= 4 is 24.9 Å². The van der Waals surface area contributed by atoms with E-state index in [0.717, 1.165) is 0 Å². The highest BCUT2D eigenvalue weighted by Gasteiger charge is 2.32. The molecule has 3 rings (SSSR count). The predicted octanol–water partition coefficient (Wildman–Crippen LogP) is -1.42. The molecule has 2 aromatic heterocycles. The van der Waals surface area contributed by atoms with Crippen LogP contribution in [0.3, 0.4) is 0 Å². The Morgan fingerprint density at radius 3 is 2.96 bits per heavy atom. The van der Waals surface area contributed by atoms with Crippen molar-refractivity contribution in [2.45, 2.75) is 12.3 Å². The van der Waals surface area contributed by atoms with Gasteiger partial charge >= 0.3 is 7.82 Å². The first-order valence-electron chi connectivity index (χ1n) is 6.22. The number of imidazole rings is 1. The summed E-state index contributed by atoms with van der Waals surface area (Å²) in [4.78, 5) is 39.1. The Labute approximate surface area is 127 Å². The Balaban J connectivity index is 1.87. The monoisotopic (exact) mass is 345 g/mol. The number of nitrogens with one attached hydrogen (secondary N) is 1. The van der Waals surface area contributed by atoms with Crippen LogP contribution in [0.2, 0.25) is 0 Å². The SMILES string of the molecule is Nc1nc2c(ncn2[C@@H]2OC(COP(=O)(O)O)=C[C@H]2O)c(=O)[nH]1. The molecular weight excluding hydrogens is 333 g/mol. The van der Waals surface area contributed by atoms with E-state index in [2.05, 4.69) is 19.5 Å². The van der Waals surface area contributed by atoms with Gasteiger partial charge in [0.1, 0.15) is 24.8 Å². The molecule has 0 fully saturated rings. The van der Waals surface area contributed by atoms with E-state index in [-0.39, 0.29) is 22.9 Å². The number of aromatic amines is 1. The Morgan fingerprint density at radius 1 is 1.52 bits per heavy atom. The zero-order valence-corrected chi connectivity index (χ0v) is 12.3. The number of rotatable bonds is 4. The number of phosphoric ester groups is 1. The van der Waals surface area contributed by atoms with E-state index in [1.54, 1.807) is 0 Å². The minimum atomic E-state index is -4.67. The predicted molar refractivity (Wildman–Crippen MR) is 74.8 cm³/mol. The number of aliphatic hydroxyl groups is 1. The van der Waals surface area contributed by atoms with Gasteiger partial charge in [0.05, 0.1) is 0 Å². The van der Waals surface area contributed by atoms with Crippen LogP contribution in [0.4, 0.5) is 5.95 Å². The lowest BCUT2D eigenvalue weighted by atomic mass is 10.3. The summed E-state index contributed by atoms with van der Waals surface area (Å²) in [5.74, 6) is -0.111. The van der Waals surface area contributed by atoms with Gasteiger partial charge < -0.3 is 25.4 Å². The van der Waals surface area contributed by atoms with Gasteiger partial charge in [0.2, 0.25) is 12.2 Å². The molecule has 124 valence electrons. The number of anilines is 1. The Bertz CT molecular complexity index is 883. The number of phosphoric acid groups is 1. The van der Waals surface area contributed by atoms with Crippen molar-refractivity contribution in [2.24, 2.45) is 0 Å². The van der Waals surface area contributed by atoms with Gasteiger partial charge in [-0.3, -0.25) is 18.9 Å². The zero-order valence-electron chi connectivity index (χ0n) is 11.4. The molecule has 0 saturated heterocycles. The van der Waals surface area contributed by atoms with E-state index in [9.17, 15) is 14.5 Å². The summed E-state index contributed by atoms with van der Waals surface area (Å²) in [6, 6.07) is 0. The summed E-state index contributed by atoms with van der Waals surface area (Å²) in [5, 5.41) is 10.0. The van der Waals surface area contributed by atoms with Crippen molar-refractivity contribution in [1.29, 1.82) is 0 Å². The lowest BCUT2D eigenvalue weighted by Gasteiger charge is -2.17. The topological polar surface area (TPSA) is 186 Å². The second-order valence-corrected chi connectivity index (χ2v) is 5.91. The van der Waals surface area contributed by atoms with E-state index in [1.165, 1.54) is 17.0 Å². The van der Waals surface area contributed by atoms with E-state index >= 15 is 0 Å². The fourth-order valence-electron chi connectivity index (χ4n) is 2.12. The summed E-state index contributed by atoms with van der Waals surface area (Å²) in [6.45, 7) is -0.527. The van der Waals surface area contributed by atoms with Gasteiger partial charge in [0.25, 0.3) is 5.56 Å². The maximum atomic E-state index is 11.7. The molecule has 3 heterocycles. The van der Waals surface area contributed by atoms with Crippen LogP contribution in [0, 0.1) is 0 Å². The highest BCUT2D eigenvalue weighted by Crippen LogP contribution is 2.38. The summed E-state index contributed by atoms with van der Waals surface area (Å²) in [7, 11) is -4.67. The smallest absolute Gasteiger partial charge is 0.469 e. The maximum Gasteiger partial charge on any atom is 0.470 e. The number of hydrogen-bond acceptors (Lipinski definition) is 8. The quantitative estimate of drug-likeness (QED) is 0.412. The molecule has 0 amide bonds. The molecule has 0 unspecified atom stereocenters.